The molecule has 4 aromatic rings. The van der Waals surface area contributed by atoms with Gasteiger partial charge in [-0.2, -0.15) is 0 Å². The van der Waals surface area contributed by atoms with E-state index >= 15 is 0 Å². The molecule has 1 aliphatic carbocycles. The Labute approximate surface area is 256 Å². The Bertz CT molecular complexity index is 1540. The molecule has 0 spiro atoms. The maximum absolute atomic E-state index is 12.5. The molecule has 42 heavy (non-hydrogen) atoms. The number of nitrogens with zero attached hydrogens (tertiary/aromatic N) is 5. The Balaban J connectivity index is 1.01. The number of amides is 1. The topological polar surface area (TPSA) is 61.8 Å². The van der Waals surface area contributed by atoms with E-state index in [0.717, 1.165) is 92.8 Å². The van der Waals surface area contributed by atoms with Gasteiger partial charge in [-0.25, -0.2) is 9.97 Å². The Morgan fingerprint density at radius 3 is 2.40 bits per heavy atom. The van der Waals surface area contributed by atoms with Crippen LogP contribution in [-0.4, -0.2) is 66.7 Å². The second kappa shape index (κ2) is 12.1. The van der Waals surface area contributed by atoms with Gasteiger partial charge in [-0.3, -0.25) is 4.79 Å². The van der Waals surface area contributed by atoms with Crippen molar-refractivity contribution in [1.29, 1.82) is 0 Å². The SMILES string of the molecule is O=C(COc1ccc(C2CCc3c(sc4ncnc(N5CCN(c6ccc(Cl)cc6)CC5)c34)C2)cc1)N1CCCCC1. The molecule has 2 aromatic heterocycles. The summed E-state index contributed by atoms with van der Waals surface area (Å²) in [5.74, 6) is 2.41. The number of likely N-dealkylation sites (tertiary alicyclic amines) is 1. The van der Waals surface area contributed by atoms with Crippen LogP contribution >= 0.6 is 22.9 Å². The van der Waals surface area contributed by atoms with Crippen molar-refractivity contribution in [1.82, 2.24) is 14.9 Å². The number of fused-ring (bicyclic) bond motifs is 3. The number of carbonyl (C=O) groups is 1. The van der Waals surface area contributed by atoms with Crippen LogP contribution in [0, 0.1) is 0 Å². The van der Waals surface area contributed by atoms with E-state index in [-0.39, 0.29) is 12.5 Å². The van der Waals surface area contributed by atoms with Gasteiger partial charge in [-0.15, -0.1) is 11.3 Å². The molecule has 218 valence electrons. The molecule has 2 fully saturated rings. The van der Waals surface area contributed by atoms with Crippen molar-refractivity contribution in [3.63, 3.8) is 0 Å². The monoisotopic (exact) mass is 601 g/mol. The van der Waals surface area contributed by atoms with Crippen LogP contribution in [0.5, 0.6) is 5.75 Å². The smallest absolute Gasteiger partial charge is 0.260 e. The van der Waals surface area contributed by atoms with E-state index < -0.39 is 0 Å². The number of rotatable bonds is 6. The lowest BCUT2D eigenvalue weighted by Gasteiger charge is -2.37. The van der Waals surface area contributed by atoms with Crippen molar-refractivity contribution in [3.8, 4) is 5.75 Å². The van der Waals surface area contributed by atoms with Gasteiger partial charge < -0.3 is 19.4 Å². The van der Waals surface area contributed by atoms with E-state index in [2.05, 4.69) is 34.1 Å². The molecule has 2 saturated heterocycles. The van der Waals surface area contributed by atoms with Crippen LogP contribution in [-0.2, 0) is 17.6 Å². The van der Waals surface area contributed by atoms with Crippen molar-refractivity contribution >= 4 is 50.6 Å². The number of aryl methyl sites for hydroxylation is 1. The number of anilines is 2. The highest BCUT2D eigenvalue weighted by Crippen LogP contribution is 2.43. The van der Waals surface area contributed by atoms with Gasteiger partial charge in [-0.1, -0.05) is 23.7 Å². The molecule has 0 bridgehead atoms. The molecule has 7 nitrogen and oxygen atoms in total. The van der Waals surface area contributed by atoms with Crippen LogP contribution in [0.2, 0.25) is 5.02 Å². The number of carbonyl (C=O) groups excluding carboxylic acids is 1. The fourth-order valence-electron chi connectivity index (χ4n) is 6.66. The predicted molar refractivity (Wildman–Crippen MR) is 170 cm³/mol. The quantitative estimate of drug-likeness (QED) is 0.257. The number of hydrogen-bond donors (Lipinski definition) is 0. The molecular formula is C33H36ClN5O2S. The lowest BCUT2D eigenvalue weighted by atomic mass is 9.83. The van der Waals surface area contributed by atoms with Crippen LogP contribution in [0.25, 0.3) is 10.2 Å². The Morgan fingerprint density at radius 1 is 0.905 bits per heavy atom. The van der Waals surface area contributed by atoms with E-state index in [1.807, 2.05) is 40.5 Å². The first kappa shape index (κ1) is 27.5. The molecule has 1 unspecified atom stereocenters. The summed E-state index contributed by atoms with van der Waals surface area (Å²) in [7, 11) is 0. The number of ether oxygens (including phenoxy) is 1. The van der Waals surface area contributed by atoms with Crippen LogP contribution in [0.4, 0.5) is 11.5 Å². The van der Waals surface area contributed by atoms with Gasteiger partial charge in [0.15, 0.2) is 6.61 Å². The summed E-state index contributed by atoms with van der Waals surface area (Å²) in [6.45, 7) is 5.60. The molecule has 9 heteroatoms. The Kier molecular flexibility index (Phi) is 7.91. The largest absolute Gasteiger partial charge is 0.484 e. The normalized spacial score (nSPS) is 19.2. The van der Waals surface area contributed by atoms with Crippen molar-refractivity contribution in [3.05, 3.63) is 75.9 Å². The van der Waals surface area contributed by atoms with Gasteiger partial charge in [0.25, 0.3) is 5.91 Å². The molecule has 1 amide bonds. The molecule has 2 aromatic carbocycles. The molecule has 3 aliphatic rings. The fourth-order valence-corrected chi connectivity index (χ4v) is 8.05. The standard InChI is InChI=1S/C33H36ClN5O2S/c34-25-7-9-26(10-8-25)37-16-18-39(19-17-37)32-31-28-13-6-24(20-29(28)42-33(31)36-22-35-32)23-4-11-27(12-5-23)41-21-30(40)38-14-2-1-3-15-38/h4-5,7-12,22,24H,1-3,6,13-21H2. The Hall–Kier alpha value is -3.36. The summed E-state index contributed by atoms with van der Waals surface area (Å²) in [5, 5.41) is 2.03. The lowest BCUT2D eigenvalue weighted by molar-refractivity contribution is -0.134. The summed E-state index contributed by atoms with van der Waals surface area (Å²) in [6.07, 6.45) is 8.30. The van der Waals surface area contributed by atoms with Crippen LogP contribution in [0.15, 0.2) is 54.9 Å². The minimum Gasteiger partial charge on any atom is -0.484 e. The van der Waals surface area contributed by atoms with Gasteiger partial charge in [0.2, 0.25) is 0 Å². The third-order valence-corrected chi connectivity index (χ3v) is 10.4. The maximum atomic E-state index is 12.5. The number of aromatic nitrogens is 2. The zero-order valence-corrected chi connectivity index (χ0v) is 25.4. The van der Waals surface area contributed by atoms with E-state index in [1.54, 1.807) is 6.33 Å². The molecule has 2 aliphatic heterocycles. The number of halogens is 1. The number of piperazine rings is 1. The molecule has 7 rings (SSSR count). The highest BCUT2D eigenvalue weighted by atomic mass is 35.5. The number of thiophene rings is 1. The first-order valence-corrected chi connectivity index (χ1v) is 16.3. The van der Waals surface area contributed by atoms with Crippen LogP contribution in [0.3, 0.4) is 0 Å². The van der Waals surface area contributed by atoms with Gasteiger partial charge >= 0.3 is 0 Å². The maximum Gasteiger partial charge on any atom is 0.260 e. The van der Waals surface area contributed by atoms with E-state index in [1.165, 1.54) is 33.5 Å². The average molecular weight is 602 g/mol. The molecule has 0 radical (unpaired) electrons. The highest BCUT2D eigenvalue weighted by molar-refractivity contribution is 7.19. The van der Waals surface area contributed by atoms with E-state index in [9.17, 15) is 4.79 Å². The van der Waals surface area contributed by atoms with Crippen LogP contribution in [0.1, 0.15) is 47.6 Å². The zero-order chi connectivity index (χ0) is 28.5. The van der Waals surface area contributed by atoms with E-state index in [0.29, 0.717) is 5.92 Å². The number of hydrogen-bond acceptors (Lipinski definition) is 7. The van der Waals surface area contributed by atoms with Crippen molar-refractivity contribution in [2.24, 2.45) is 0 Å². The van der Waals surface area contributed by atoms with E-state index in [4.69, 9.17) is 26.3 Å². The lowest BCUT2D eigenvalue weighted by Crippen LogP contribution is -2.47. The second-order valence-electron chi connectivity index (χ2n) is 11.6. The Morgan fingerprint density at radius 2 is 1.64 bits per heavy atom. The predicted octanol–water partition coefficient (Wildman–Crippen LogP) is 6.34. The molecule has 0 saturated carbocycles. The molecular weight excluding hydrogens is 566 g/mol. The summed E-state index contributed by atoms with van der Waals surface area (Å²) in [6, 6.07) is 16.5. The number of piperidine rings is 1. The van der Waals surface area contributed by atoms with Gasteiger partial charge in [0.1, 0.15) is 22.7 Å². The average Bonchev–Trinajstić information content (AvgIpc) is 3.43. The van der Waals surface area contributed by atoms with Crippen LogP contribution < -0.4 is 14.5 Å². The third-order valence-electron chi connectivity index (χ3n) is 9.02. The van der Waals surface area contributed by atoms with Gasteiger partial charge in [-0.05, 0) is 92.0 Å². The van der Waals surface area contributed by atoms with Crippen molar-refractivity contribution < 1.29 is 9.53 Å². The third kappa shape index (κ3) is 5.66. The van der Waals surface area contributed by atoms with Gasteiger partial charge in [0.05, 0.1) is 5.39 Å². The summed E-state index contributed by atoms with van der Waals surface area (Å²) < 4.78 is 5.85. The minimum atomic E-state index is 0.0919. The number of benzene rings is 2. The fraction of sp³-hybridized carbons (Fsp3) is 0.424. The first-order valence-electron chi connectivity index (χ1n) is 15.1. The molecule has 0 N–H and O–H groups in total. The minimum absolute atomic E-state index is 0.0919. The summed E-state index contributed by atoms with van der Waals surface area (Å²) >= 11 is 7.93. The summed E-state index contributed by atoms with van der Waals surface area (Å²) in [5.41, 5.74) is 3.99. The molecule has 1 atom stereocenters. The second-order valence-corrected chi connectivity index (χ2v) is 13.1. The highest BCUT2D eigenvalue weighted by Gasteiger charge is 2.28. The zero-order valence-electron chi connectivity index (χ0n) is 23.8. The molecule has 4 heterocycles. The van der Waals surface area contributed by atoms with Crippen molar-refractivity contribution in [2.75, 3.05) is 55.7 Å². The first-order chi connectivity index (χ1) is 20.6. The van der Waals surface area contributed by atoms with Gasteiger partial charge in [0, 0.05) is 54.9 Å². The summed E-state index contributed by atoms with van der Waals surface area (Å²) in [4.78, 5) is 31.3. The van der Waals surface area contributed by atoms with Crippen molar-refractivity contribution in [2.45, 2.75) is 44.4 Å².